The molecule has 0 unspecified atom stereocenters. The predicted molar refractivity (Wildman–Crippen MR) is 78.7 cm³/mol. The standard InChI is InChI=1S/C11H23N3O.HI/c1-13(2)10(14(3)4)12-9-11(15-5)7-6-8-11;/h6-9H2,1-5H3;1H. The topological polar surface area (TPSA) is 28.1 Å². The Labute approximate surface area is 116 Å². The number of nitrogens with zero attached hydrogens (tertiary/aromatic N) is 3. The van der Waals surface area contributed by atoms with Crippen LogP contribution in [0, 0.1) is 0 Å². The van der Waals surface area contributed by atoms with Crippen LogP contribution in [-0.4, -0.2) is 63.2 Å². The van der Waals surface area contributed by atoms with E-state index in [1.165, 1.54) is 6.42 Å². The first-order valence-corrected chi connectivity index (χ1v) is 5.45. The smallest absolute Gasteiger partial charge is 0.195 e. The number of aliphatic imine (C=N–C) groups is 1. The number of guanidine groups is 1. The SMILES string of the molecule is COC1(CN=C(N(C)C)N(C)C)CCC1.I. The van der Waals surface area contributed by atoms with Crippen molar-refractivity contribution in [2.45, 2.75) is 24.9 Å². The van der Waals surface area contributed by atoms with Crippen LogP contribution in [0.2, 0.25) is 0 Å². The zero-order valence-corrected chi connectivity index (χ0v) is 13.3. The van der Waals surface area contributed by atoms with Gasteiger partial charge in [0, 0.05) is 35.3 Å². The maximum atomic E-state index is 5.54. The molecule has 1 aliphatic carbocycles. The highest BCUT2D eigenvalue weighted by Crippen LogP contribution is 2.35. The van der Waals surface area contributed by atoms with Crippen LogP contribution in [0.15, 0.2) is 4.99 Å². The van der Waals surface area contributed by atoms with E-state index in [2.05, 4.69) is 4.99 Å². The predicted octanol–water partition coefficient (Wildman–Crippen LogP) is 1.65. The van der Waals surface area contributed by atoms with Crippen LogP contribution in [0.3, 0.4) is 0 Å². The minimum atomic E-state index is 0. The first-order chi connectivity index (χ1) is 7.01. The lowest BCUT2D eigenvalue weighted by atomic mass is 9.80. The summed E-state index contributed by atoms with van der Waals surface area (Å²) in [7, 11) is 9.84. The average molecular weight is 341 g/mol. The Bertz CT molecular complexity index is 222. The van der Waals surface area contributed by atoms with Crippen LogP contribution in [-0.2, 0) is 4.74 Å². The van der Waals surface area contributed by atoms with Crippen LogP contribution < -0.4 is 0 Å². The minimum absolute atomic E-state index is 0. The molecule has 0 amide bonds. The van der Waals surface area contributed by atoms with Gasteiger partial charge in [0.2, 0.25) is 0 Å². The number of methoxy groups -OCH3 is 1. The Morgan fingerprint density at radius 3 is 1.94 bits per heavy atom. The molecule has 0 aromatic carbocycles. The third kappa shape index (κ3) is 3.76. The van der Waals surface area contributed by atoms with E-state index in [1.807, 2.05) is 38.0 Å². The number of halogens is 1. The minimum Gasteiger partial charge on any atom is -0.376 e. The number of ether oxygens (including phenoxy) is 1. The summed E-state index contributed by atoms with van der Waals surface area (Å²) in [5.41, 5.74) is 0.0251. The summed E-state index contributed by atoms with van der Waals surface area (Å²) in [6, 6.07) is 0. The zero-order valence-electron chi connectivity index (χ0n) is 11.0. The van der Waals surface area contributed by atoms with Crippen LogP contribution in [0.5, 0.6) is 0 Å². The highest BCUT2D eigenvalue weighted by Gasteiger charge is 2.36. The van der Waals surface area contributed by atoms with Crippen molar-refractivity contribution in [3.05, 3.63) is 0 Å². The summed E-state index contributed by atoms with van der Waals surface area (Å²) in [5.74, 6) is 0.998. The lowest BCUT2D eigenvalue weighted by molar-refractivity contribution is -0.0632. The second-order valence-electron chi connectivity index (χ2n) is 4.65. The monoisotopic (exact) mass is 341 g/mol. The lowest BCUT2D eigenvalue weighted by Crippen LogP contribution is -2.44. The van der Waals surface area contributed by atoms with Gasteiger partial charge in [-0.25, -0.2) is 4.99 Å². The molecule has 1 saturated carbocycles. The van der Waals surface area contributed by atoms with E-state index in [1.54, 1.807) is 7.11 Å². The van der Waals surface area contributed by atoms with Crippen molar-refractivity contribution in [1.29, 1.82) is 0 Å². The fourth-order valence-electron chi connectivity index (χ4n) is 1.90. The molecule has 5 heteroatoms. The Morgan fingerprint density at radius 1 is 1.19 bits per heavy atom. The fourth-order valence-corrected chi connectivity index (χ4v) is 1.90. The first kappa shape index (κ1) is 16.0. The van der Waals surface area contributed by atoms with E-state index < -0.39 is 0 Å². The van der Waals surface area contributed by atoms with Crippen molar-refractivity contribution < 1.29 is 4.74 Å². The summed E-state index contributed by atoms with van der Waals surface area (Å²) < 4.78 is 5.54. The van der Waals surface area contributed by atoms with Gasteiger partial charge in [-0.1, -0.05) is 0 Å². The summed E-state index contributed by atoms with van der Waals surface area (Å²) in [4.78, 5) is 8.69. The normalized spacial score (nSPS) is 16.8. The lowest BCUT2D eigenvalue weighted by Gasteiger charge is -2.39. The molecule has 1 aliphatic rings. The van der Waals surface area contributed by atoms with Gasteiger partial charge in [0.05, 0.1) is 12.1 Å². The van der Waals surface area contributed by atoms with Crippen molar-refractivity contribution in [2.24, 2.45) is 4.99 Å². The maximum absolute atomic E-state index is 5.54. The fraction of sp³-hybridized carbons (Fsp3) is 0.909. The van der Waals surface area contributed by atoms with Gasteiger partial charge in [0.1, 0.15) is 0 Å². The van der Waals surface area contributed by atoms with Crippen LogP contribution in [0.4, 0.5) is 0 Å². The molecule has 0 N–H and O–H groups in total. The van der Waals surface area contributed by atoms with Crippen LogP contribution >= 0.6 is 24.0 Å². The second kappa shape index (κ2) is 6.64. The Hall–Kier alpha value is -0.0400. The molecule has 0 radical (unpaired) electrons. The molecule has 4 nitrogen and oxygen atoms in total. The summed E-state index contributed by atoms with van der Waals surface area (Å²) in [5, 5.41) is 0. The molecule has 0 heterocycles. The molecule has 0 aromatic heterocycles. The van der Waals surface area contributed by atoms with E-state index in [0.29, 0.717) is 0 Å². The second-order valence-corrected chi connectivity index (χ2v) is 4.65. The van der Waals surface area contributed by atoms with Gasteiger partial charge >= 0.3 is 0 Å². The molecule has 0 saturated heterocycles. The van der Waals surface area contributed by atoms with Crippen molar-refractivity contribution >= 4 is 29.9 Å². The maximum Gasteiger partial charge on any atom is 0.195 e. The van der Waals surface area contributed by atoms with Crippen LogP contribution in [0.1, 0.15) is 19.3 Å². The Balaban J connectivity index is 0.00000225. The van der Waals surface area contributed by atoms with Crippen molar-refractivity contribution in [3.63, 3.8) is 0 Å². The number of hydrogen-bond acceptors (Lipinski definition) is 2. The number of hydrogen-bond donors (Lipinski definition) is 0. The third-order valence-electron chi connectivity index (χ3n) is 3.01. The van der Waals surface area contributed by atoms with Crippen molar-refractivity contribution in [3.8, 4) is 0 Å². The highest BCUT2D eigenvalue weighted by molar-refractivity contribution is 14.0. The molecule has 0 aromatic rings. The largest absolute Gasteiger partial charge is 0.376 e. The van der Waals surface area contributed by atoms with E-state index in [-0.39, 0.29) is 29.6 Å². The number of rotatable bonds is 3. The van der Waals surface area contributed by atoms with Crippen molar-refractivity contribution in [2.75, 3.05) is 41.8 Å². The average Bonchev–Trinajstić information content (AvgIpc) is 2.08. The van der Waals surface area contributed by atoms with E-state index in [0.717, 1.165) is 25.3 Å². The summed E-state index contributed by atoms with van der Waals surface area (Å²) in [6.07, 6.45) is 3.55. The quantitative estimate of drug-likeness (QED) is 0.444. The van der Waals surface area contributed by atoms with Crippen molar-refractivity contribution in [1.82, 2.24) is 9.80 Å². The van der Waals surface area contributed by atoms with Gasteiger partial charge < -0.3 is 14.5 Å². The molecular formula is C11H24IN3O. The molecule has 1 fully saturated rings. The molecule has 96 valence electrons. The van der Waals surface area contributed by atoms with Gasteiger partial charge in [-0.05, 0) is 19.3 Å². The van der Waals surface area contributed by atoms with Gasteiger partial charge in [-0.15, -0.1) is 24.0 Å². The third-order valence-corrected chi connectivity index (χ3v) is 3.01. The Kier molecular flexibility index (Phi) is 6.62. The zero-order chi connectivity index (χ0) is 11.5. The summed E-state index contributed by atoms with van der Waals surface area (Å²) in [6.45, 7) is 0.773. The molecule has 0 bridgehead atoms. The molecule has 0 aliphatic heterocycles. The first-order valence-electron chi connectivity index (χ1n) is 5.45. The highest BCUT2D eigenvalue weighted by atomic mass is 127. The van der Waals surface area contributed by atoms with Gasteiger partial charge in [0.25, 0.3) is 0 Å². The van der Waals surface area contributed by atoms with Gasteiger partial charge in [0.15, 0.2) is 5.96 Å². The molecule has 16 heavy (non-hydrogen) atoms. The van der Waals surface area contributed by atoms with E-state index in [9.17, 15) is 0 Å². The van der Waals surface area contributed by atoms with Gasteiger partial charge in [-0.2, -0.15) is 0 Å². The van der Waals surface area contributed by atoms with Gasteiger partial charge in [-0.3, -0.25) is 0 Å². The molecular weight excluding hydrogens is 317 g/mol. The summed E-state index contributed by atoms with van der Waals surface area (Å²) >= 11 is 0. The van der Waals surface area contributed by atoms with E-state index >= 15 is 0 Å². The molecule has 1 rings (SSSR count). The van der Waals surface area contributed by atoms with E-state index in [4.69, 9.17) is 4.74 Å². The Morgan fingerprint density at radius 2 is 1.69 bits per heavy atom. The molecule has 0 atom stereocenters. The molecule has 0 spiro atoms. The van der Waals surface area contributed by atoms with Crippen LogP contribution in [0.25, 0.3) is 0 Å².